The molecule has 1 aromatic heterocycles. The van der Waals surface area contributed by atoms with Crippen molar-refractivity contribution in [1.82, 2.24) is 15.1 Å². The average molecular weight is 306 g/mol. The fourth-order valence-corrected chi connectivity index (χ4v) is 3.30. The minimum atomic E-state index is -0.122. The monoisotopic (exact) mass is 306 g/mol. The SMILES string of the molecule is O=C(Nc1cnn(CC2CCCO2)c1)NC1CCCCCC1. The van der Waals surface area contributed by atoms with Crippen LogP contribution in [0.1, 0.15) is 51.4 Å². The normalized spacial score (nSPS) is 23.2. The molecule has 2 amide bonds. The molecule has 1 saturated heterocycles. The van der Waals surface area contributed by atoms with Crippen molar-refractivity contribution in [3.63, 3.8) is 0 Å². The predicted molar refractivity (Wildman–Crippen MR) is 84.8 cm³/mol. The number of anilines is 1. The van der Waals surface area contributed by atoms with E-state index in [9.17, 15) is 4.79 Å². The number of nitrogens with zero attached hydrogens (tertiary/aromatic N) is 2. The first-order valence-corrected chi connectivity index (χ1v) is 8.51. The van der Waals surface area contributed by atoms with Gasteiger partial charge in [0.05, 0.1) is 24.5 Å². The molecule has 0 aromatic carbocycles. The van der Waals surface area contributed by atoms with Crippen molar-refractivity contribution in [3.8, 4) is 0 Å². The lowest BCUT2D eigenvalue weighted by atomic mass is 10.1. The zero-order valence-corrected chi connectivity index (χ0v) is 13.1. The lowest BCUT2D eigenvalue weighted by Crippen LogP contribution is -2.37. The topological polar surface area (TPSA) is 68.2 Å². The Bertz CT molecular complexity index is 474. The van der Waals surface area contributed by atoms with Gasteiger partial charge in [-0.2, -0.15) is 5.10 Å². The standard InChI is InChI=1S/C16H26N4O2/c21-16(18-13-6-3-1-2-4-7-13)19-14-10-17-20(11-14)12-15-8-5-9-22-15/h10-11,13,15H,1-9,12H2,(H2,18,19,21). The van der Waals surface area contributed by atoms with E-state index in [2.05, 4.69) is 15.7 Å². The largest absolute Gasteiger partial charge is 0.376 e. The van der Waals surface area contributed by atoms with Gasteiger partial charge in [-0.05, 0) is 25.7 Å². The molecule has 0 radical (unpaired) electrons. The number of hydrogen-bond donors (Lipinski definition) is 2. The molecule has 1 saturated carbocycles. The molecule has 3 rings (SSSR count). The van der Waals surface area contributed by atoms with Gasteiger partial charge in [-0.3, -0.25) is 4.68 Å². The highest BCUT2D eigenvalue weighted by molar-refractivity contribution is 5.89. The third-order valence-electron chi connectivity index (χ3n) is 4.50. The van der Waals surface area contributed by atoms with Crippen molar-refractivity contribution in [2.24, 2.45) is 0 Å². The molecule has 1 aromatic rings. The van der Waals surface area contributed by atoms with Gasteiger partial charge in [0.25, 0.3) is 0 Å². The molecule has 0 bridgehead atoms. The number of urea groups is 1. The molecule has 2 N–H and O–H groups in total. The Labute approximate surface area is 131 Å². The van der Waals surface area contributed by atoms with Crippen LogP contribution in [0.4, 0.5) is 10.5 Å². The molecule has 2 aliphatic rings. The van der Waals surface area contributed by atoms with Gasteiger partial charge in [0.1, 0.15) is 0 Å². The lowest BCUT2D eigenvalue weighted by Gasteiger charge is -2.16. The van der Waals surface area contributed by atoms with Crippen molar-refractivity contribution in [1.29, 1.82) is 0 Å². The summed E-state index contributed by atoms with van der Waals surface area (Å²) in [6, 6.07) is 0.188. The number of carbonyl (C=O) groups excluding carboxylic acids is 1. The first-order valence-electron chi connectivity index (χ1n) is 8.51. The van der Waals surface area contributed by atoms with Crippen LogP contribution in [0.2, 0.25) is 0 Å². The van der Waals surface area contributed by atoms with Crippen LogP contribution in [0.3, 0.4) is 0 Å². The molecule has 1 unspecified atom stereocenters. The van der Waals surface area contributed by atoms with Gasteiger partial charge < -0.3 is 15.4 Å². The van der Waals surface area contributed by atoms with Gasteiger partial charge in [-0.15, -0.1) is 0 Å². The van der Waals surface area contributed by atoms with Crippen molar-refractivity contribution in [3.05, 3.63) is 12.4 Å². The van der Waals surface area contributed by atoms with E-state index in [1.807, 2.05) is 10.9 Å². The number of aromatic nitrogens is 2. The molecule has 122 valence electrons. The van der Waals surface area contributed by atoms with Crippen molar-refractivity contribution >= 4 is 11.7 Å². The Morgan fingerprint density at radius 1 is 1.23 bits per heavy atom. The average Bonchev–Trinajstić information content (AvgIpc) is 3.08. The summed E-state index contributed by atoms with van der Waals surface area (Å²) in [5, 5.41) is 10.2. The molecule has 6 heteroatoms. The smallest absolute Gasteiger partial charge is 0.319 e. The summed E-state index contributed by atoms with van der Waals surface area (Å²) in [4.78, 5) is 12.1. The molecule has 1 aliphatic carbocycles. The lowest BCUT2D eigenvalue weighted by molar-refractivity contribution is 0.0940. The number of rotatable bonds is 4. The maximum atomic E-state index is 12.1. The van der Waals surface area contributed by atoms with E-state index in [4.69, 9.17) is 4.74 Å². The second-order valence-corrected chi connectivity index (χ2v) is 6.37. The third-order valence-corrected chi connectivity index (χ3v) is 4.50. The second-order valence-electron chi connectivity index (χ2n) is 6.37. The molecule has 1 aliphatic heterocycles. The van der Waals surface area contributed by atoms with Gasteiger partial charge >= 0.3 is 6.03 Å². The van der Waals surface area contributed by atoms with E-state index in [1.54, 1.807) is 6.20 Å². The van der Waals surface area contributed by atoms with Crippen LogP contribution in [0, 0.1) is 0 Å². The first kappa shape index (κ1) is 15.3. The number of hydrogen-bond acceptors (Lipinski definition) is 3. The van der Waals surface area contributed by atoms with Crippen LogP contribution in [0.15, 0.2) is 12.4 Å². The Balaban J connectivity index is 1.45. The van der Waals surface area contributed by atoms with Crippen LogP contribution in [0.5, 0.6) is 0 Å². The summed E-state index contributed by atoms with van der Waals surface area (Å²) in [5.41, 5.74) is 0.740. The number of carbonyl (C=O) groups is 1. The molecular weight excluding hydrogens is 280 g/mol. The van der Waals surface area contributed by atoms with Crippen LogP contribution in [-0.4, -0.2) is 34.6 Å². The molecule has 2 heterocycles. The Kier molecular flexibility index (Phi) is 5.32. The number of nitrogens with one attached hydrogen (secondary N) is 2. The Hall–Kier alpha value is -1.56. The highest BCUT2D eigenvalue weighted by Gasteiger charge is 2.17. The molecule has 0 spiro atoms. The number of ether oxygens (including phenoxy) is 1. The summed E-state index contributed by atoms with van der Waals surface area (Å²) >= 11 is 0. The molecular formula is C16H26N4O2. The van der Waals surface area contributed by atoms with E-state index >= 15 is 0 Å². The third kappa shape index (κ3) is 4.47. The summed E-state index contributed by atoms with van der Waals surface area (Å²) in [7, 11) is 0. The predicted octanol–water partition coefficient (Wildman–Crippen LogP) is 2.91. The highest BCUT2D eigenvalue weighted by atomic mass is 16.5. The Morgan fingerprint density at radius 2 is 2.05 bits per heavy atom. The van der Waals surface area contributed by atoms with Crippen LogP contribution in [-0.2, 0) is 11.3 Å². The van der Waals surface area contributed by atoms with E-state index < -0.39 is 0 Å². The minimum Gasteiger partial charge on any atom is -0.376 e. The van der Waals surface area contributed by atoms with Crippen molar-refractivity contribution < 1.29 is 9.53 Å². The zero-order valence-electron chi connectivity index (χ0n) is 13.1. The van der Waals surface area contributed by atoms with E-state index in [1.165, 1.54) is 25.7 Å². The summed E-state index contributed by atoms with van der Waals surface area (Å²) < 4.78 is 7.44. The fourth-order valence-electron chi connectivity index (χ4n) is 3.30. The van der Waals surface area contributed by atoms with E-state index in [0.29, 0.717) is 6.04 Å². The quantitative estimate of drug-likeness (QED) is 0.840. The van der Waals surface area contributed by atoms with Crippen LogP contribution in [0.25, 0.3) is 0 Å². The first-order chi connectivity index (χ1) is 10.8. The Morgan fingerprint density at radius 3 is 2.77 bits per heavy atom. The highest BCUT2D eigenvalue weighted by Crippen LogP contribution is 2.18. The van der Waals surface area contributed by atoms with Gasteiger partial charge in [0.15, 0.2) is 0 Å². The van der Waals surface area contributed by atoms with Gasteiger partial charge in [-0.25, -0.2) is 4.79 Å². The molecule has 2 fully saturated rings. The molecule has 6 nitrogen and oxygen atoms in total. The maximum Gasteiger partial charge on any atom is 0.319 e. The summed E-state index contributed by atoms with van der Waals surface area (Å²) in [5.74, 6) is 0. The molecule has 1 atom stereocenters. The summed E-state index contributed by atoms with van der Waals surface area (Å²) in [6.07, 6.45) is 13.2. The van der Waals surface area contributed by atoms with Crippen molar-refractivity contribution in [2.45, 2.75) is 70.1 Å². The molecule has 22 heavy (non-hydrogen) atoms. The fraction of sp³-hybridized carbons (Fsp3) is 0.750. The van der Waals surface area contributed by atoms with Crippen molar-refractivity contribution in [2.75, 3.05) is 11.9 Å². The van der Waals surface area contributed by atoms with Gasteiger partial charge in [0.2, 0.25) is 0 Å². The summed E-state index contributed by atoms with van der Waals surface area (Å²) in [6.45, 7) is 1.60. The van der Waals surface area contributed by atoms with E-state index in [-0.39, 0.29) is 12.1 Å². The van der Waals surface area contributed by atoms with Crippen LogP contribution < -0.4 is 10.6 Å². The second kappa shape index (κ2) is 7.63. The van der Waals surface area contributed by atoms with Gasteiger partial charge in [-0.1, -0.05) is 25.7 Å². The zero-order chi connectivity index (χ0) is 15.2. The number of amides is 2. The maximum absolute atomic E-state index is 12.1. The van der Waals surface area contributed by atoms with Gasteiger partial charge in [0, 0.05) is 18.8 Å². The minimum absolute atomic E-state index is 0.122. The van der Waals surface area contributed by atoms with E-state index in [0.717, 1.165) is 44.5 Å². The van der Waals surface area contributed by atoms with Crippen LogP contribution >= 0.6 is 0 Å².